The molecule has 1 fully saturated rings. The predicted octanol–water partition coefficient (Wildman–Crippen LogP) is 0.411. The summed E-state index contributed by atoms with van der Waals surface area (Å²) in [5.74, 6) is -0.419. The van der Waals surface area contributed by atoms with E-state index in [-0.39, 0.29) is 6.04 Å². The second kappa shape index (κ2) is 4.20. The van der Waals surface area contributed by atoms with Gasteiger partial charge in [0.1, 0.15) is 10.1 Å². The molecule has 0 saturated heterocycles. The minimum Gasteiger partial charge on any atom is -0.747 e. The van der Waals surface area contributed by atoms with E-state index in [1.165, 1.54) is 6.42 Å². The second-order valence-electron chi connectivity index (χ2n) is 3.24. The molecule has 0 bridgehead atoms. The Kier molecular flexibility index (Phi) is 3.49. The van der Waals surface area contributed by atoms with Gasteiger partial charge in [0.05, 0.1) is 5.88 Å². The normalized spacial score (nSPS) is 21.1. The lowest BCUT2D eigenvalue weighted by Crippen LogP contribution is -2.34. The highest BCUT2D eigenvalue weighted by Gasteiger charge is 2.12. The summed E-state index contributed by atoms with van der Waals surface area (Å²) < 4.78 is 30.8. The van der Waals surface area contributed by atoms with Crippen molar-refractivity contribution >= 4 is 10.1 Å². The lowest BCUT2D eigenvalue weighted by molar-refractivity contribution is 0.379. The van der Waals surface area contributed by atoms with Gasteiger partial charge in [-0.25, -0.2) is 8.42 Å². The van der Waals surface area contributed by atoms with Gasteiger partial charge in [0, 0.05) is 6.04 Å². The molecular formula is C7H14NO3S-. The Labute approximate surface area is 73.1 Å². The molecule has 0 unspecified atom stereocenters. The summed E-state index contributed by atoms with van der Waals surface area (Å²) in [6, 6.07) is 0.238. The first-order chi connectivity index (χ1) is 5.58. The second-order valence-corrected chi connectivity index (χ2v) is 4.65. The van der Waals surface area contributed by atoms with Gasteiger partial charge in [0.15, 0.2) is 0 Å². The molecule has 0 heterocycles. The minimum absolute atomic E-state index is 0.238. The van der Waals surface area contributed by atoms with Gasteiger partial charge in [0.25, 0.3) is 0 Å². The van der Waals surface area contributed by atoms with E-state index in [0.717, 1.165) is 25.7 Å². The zero-order valence-electron chi connectivity index (χ0n) is 6.95. The molecule has 0 amide bonds. The molecule has 5 heteroatoms. The average Bonchev–Trinajstić information content (AvgIpc) is 2.02. The third kappa shape index (κ3) is 4.04. The molecule has 1 aliphatic rings. The summed E-state index contributed by atoms with van der Waals surface area (Å²) in [5.41, 5.74) is 0. The Bertz CT molecular complexity index is 219. The minimum atomic E-state index is -4.08. The van der Waals surface area contributed by atoms with E-state index < -0.39 is 16.0 Å². The van der Waals surface area contributed by atoms with Gasteiger partial charge < -0.3 is 9.87 Å². The largest absolute Gasteiger partial charge is 0.747 e. The quantitative estimate of drug-likeness (QED) is 0.658. The van der Waals surface area contributed by atoms with Crippen LogP contribution in [0.2, 0.25) is 0 Å². The van der Waals surface area contributed by atoms with Crippen LogP contribution in [0.25, 0.3) is 0 Å². The van der Waals surface area contributed by atoms with Crippen LogP contribution in [0, 0.1) is 0 Å². The monoisotopic (exact) mass is 192 g/mol. The van der Waals surface area contributed by atoms with Crippen LogP contribution >= 0.6 is 0 Å². The van der Waals surface area contributed by atoms with E-state index in [2.05, 4.69) is 5.32 Å². The van der Waals surface area contributed by atoms with Gasteiger partial charge in [-0.1, -0.05) is 19.3 Å². The molecule has 1 rings (SSSR count). The van der Waals surface area contributed by atoms with Crippen molar-refractivity contribution in [2.45, 2.75) is 38.1 Å². The average molecular weight is 192 g/mol. The fourth-order valence-electron chi connectivity index (χ4n) is 1.53. The summed E-state index contributed by atoms with van der Waals surface area (Å²) in [6.45, 7) is 0. The molecule has 1 N–H and O–H groups in total. The fraction of sp³-hybridized carbons (Fsp3) is 1.00. The van der Waals surface area contributed by atoms with Crippen molar-refractivity contribution in [3.05, 3.63) is 0 Å². The Morgan fingerprint density at radius 1 is 1.25 bits per heavy atom. The number of rotatable bonds is 3. The molecule has 0 aliphatic heterocycles. The zero-order chi connectivity index (χ0) is 9.03. The molecule has 0 aromatic rings. The molecule has 1 saturated carbocycles. The summed E-state index contributed by atoms with van der Waals surface area (Å²) >= 11 is 0. The van der Waals surface area contributed by atoms with Crippen molar-refractivity contribution in [1.82, 2.24) is 5.32 Å². The summed E-state index contributed by atoms with van der Waals surface area (Å²) in [7, 11) is -4.08. The maximum absolute atomic E-state index is 10.3. The number of nitrogens with one attached hydrogen (secondary N) is 1. The number of hydrogen-bond donors (Lipinski definition) is 1. The summed E-state index contributed by atoms with van der Waals surface area (Å²) in [6.07, 6.45) is 5.49. The van der Waals surface area contributed by atoms with E-state index >= 15 is 0 Å². The standard InChI is InChI=1S/C7H15NO3S/c9-12(10,11)6-8-7-4-2-1-3-5-7/h7-8H,1-6H2,(H,9,10,11)/p-1. The van der Waals surface area contributed by atoms with Crippen LogP contribution in [0.3, 0.4) is 0 Å². The van der Waals surface area contributed by atoms with Crippen molar-refractivity contribution in [2.75, 3.05) is 5.88 Å². The SMILES string of the molecule is O=S(=O)([O-])CNC1CCCCC1. The first-order valence-electron chi connectivity index (χ1n) is 4.25. The molecular weight excluding hydrogens is 178 g/mol. The summed E-state index contributed by atoms with van der Waals surface area (Å²) in [5, 5.41) is 2.76. The maximum Gasteiger partial charge on any atom is 0.108 e. The Morgan fingerprint density at radius 2 is 1.83 bits per heavy atom. The van der Waals surface area contributed by atoms with Crippen molar-refractivity contribution in [3.63, 3.8) is 0 Å². The smallest absolute Gasteiger partial charge is 0.108 e. The third-order valence-electron chi connectivity index (χ3n) is 2.15. The highest BCUT2D eigenvalue weighted by Crippen LogP contribution is 2.17. The number of hydrogen-bond acceptors (Lipinski definition) is 4. The van der Waals surface area contributed by atoms with E-state index in [9.17, 15) is 13.0 Å². The molecule has 0 aromatic heterocycles. The Hall–Kier alpha value is -0.130. The first kappa shape index (κ1) is 9.95. The highest BCUT2D eigenvalue weighted by atomic mass is 32.2. The van der Waals surface area contributed by atoms with E-state index in [1.807, 2.05) is 0 Å². The maximum atomic E-state index is 10.3. The van der Waals surface area contributed by atoms with E-state index in [4.69, 9.17) is 0 Å². The fourth-order valence-corrected chi connectivity index (χ4v) is 1.97. The van der Waals surface area contributed by atoms with Gasteiger partial charge in [-0.15, -0.1) is 0 Å². The lowest BCUT2D eigenvalue weighted by atomic mass is 9.96. The summed E-state index contributed by atoms with van der Waals surface area (Å²) in [4.78, 5) is 0. The van der Waals surface area contributed by atoms with Crippen molar-refractivity contribution in [2.24, 2.45) is 0 Å². The van der Waals surface area contributed by atoms with Crippen LogP contribution in [-0.4, -0.2) is 24.9 Å². The molecule has 0 spiro atoms. The Morgan fingerprint density at radius 3 is 2.33 bits per heavy atom. The van der Waals surface area contributed by atoms with E-state index in [0.29, 0.717) is 0 Å². The molecule has 0 atom stereocenters. The van der Waals surface area contributed by atoms with Crippen LogP contribution < -0.4 is 5.32 Å². The predicted molar refractivity (Wildman–Crippen MR) is 44.6 cm³/mol. The molecule has 0 aromatic carbocycles. The van der Waals surface area contributed by atoms with Crippen LogP contribution in [0.15, 0.2) is 0 Å². The highest BCUT2D eigenvalue weighted by molar-refractivity contribution is 7.85. The molecule has 72 valence electrons. The van der Waals surface area contributed by atoms with Crippen molar-refractivity contribution in [1.29, 1.82) is 0 Å². The first-order valence-corrected chi connectivity index (χ1v) is 5.82. The van der Waals surface area contributed by atoms with Gasteiger partial charge in [-0.3, -0.25) is 0 Å². The molecule has 1 aliphatic carbocycles. The third-order valence-corrected chi connectivity index (χ3v) is 2.67. The van der Waals surface area contributed by atoms with Crippen molar-refractivity contribution in [3.8, 4) is 0 Å². The van der Waals surface area contributed by atoms with Crippen LogP contribution in [0.5, 0.6) is 0 Å². The topological polar surface area (TPSA) is 69.2 Å². The van der Waals surface area contributed by atoms with Gasteiger partial charge >= 0.3 is 0 Å². The molecule has 4 nitrogen and oxygen atoms in total. The van der Waals surface area contributed by atoms with Gasteiger partial charge in [-0.05, 0) is 12.8 Å². The van der Waals surface area contributed by atoms with Crippen LogP contribution in [0.4, 0.5) is 0 Å². The lowest BCUT2D eigenvalue weighted by Gasteiger charge is -2.23. The van der Waals surface area contributed by atoms with Crippen LogP contribution in [-0.2, 0) is 10.1 Å². The van der Waals surface area contributed by atoms with Crippen molar-refractivity contribution < 1.29 is 13.0 Å². The van der Waals surface area contributed by atoms with Gasteiger partial charge in [0.2, 0.25) is 0 Å². The van der Waals surface area contributed by atoms with E-state index in [1.54, 1.807) is 0 Å². The van der Waals surface area contributed by atoms with Gasteiger partial charge in [-0.2, -0.15) is 0 Å². The zero-order valence-corrected chi connectivity index (χ0v) is 7.77. The molecule has 12 heavy (non-hydrogen) atoms. The molecule has 0 radical (unpaired) electrons. The van der Waals surface area contributed by atoms with Crippen LogP contribution in [0.1, 0.15) is 32.1 Å². The Balaban J connectivity index is 2.22.